The summed E-state index contributed by atoms with van der Waals surface area (Å²) in [5, 5.41) is 3.98. The van der Waals surface area contributed by atoms with E-state index in [0.29, 0.717) is 5.76 Å². The number of thioether (sulfide) groups is 1. The van der Waals surface area contributed by atoms with Crippen LogP contribution in [0, 0.1) is 6.92 Å². The first kappa shape index (κ1) is 19.9. The molecule has 1 N–H and O–H groups in total. The van der Waals surface area contributed by atoms with Gasteiger partial charge >= 0.3 is 0 Å². The average Bonchev–Trinajstić information content (AvgIpc) is 3.33. The quantitative estimate of drug-likeness (QED) is 0.210. The second-order valence-electron chi connectivity index (χ2n) is 6.21. The van der Waals surface area contributed by atoms with Crippen molar-refractivity contribution >= 4 is 61.4 Å². The van der Waals surface area contributed by atoms with Gasteiger partial charge in [0.05, 0.1) is 22.2 Å². The fraction of sp³-hybridized carbons (Fsp3) is 0.0952. The lowest BCUT2D eigenvalue weighted by Gasteiger charge is -2.02. The van der Waals surface area contributed by atoms with Crippen molar-refractivity contribution in [3.63, 3.8) is 0 Å². The highest BCUT2D eigenvalue weighted by atomic mass is 79.9. The zero-order valence-electron chi connectivity index (χ0n) is 15.4. The van der Waals surface area contributed by atoms with Crippen molar-refractivity contribution in [3.8, 4) is 11.3 Å². The number of aromatic nitrogens is 1. The summed E-state index contributed by atoms with van der Waals surface area (Å²) >= 11 is 6.53. The molecule has 8 heteroatoms. The normalized spacial score (nSPS) is 11.4. The monoisotopic (exact) mass is 485 g/mol. The van der Waals surface area contributed by atoms with Gasteiger partial charge in [0.25, 0.3) is 5.91 Å². The molecule has 2 aromatic carbocycles. The van der Waals surface area contributed by atoms with Gasteiger partial charge in [0.2, 0.25) is 0 Å². The minimum absolute atomic E-state index is 0.196. The predicted octanol–water partition coefficient (Wildman–Crippen LogP) is 5.87. The van der Waals surface area contributed by atoms with Gasteiger partial charge in [0, 0.05) is 10.0 Å². The number of nitrogens with one attached hydrogen (secondary N) is 1. The fourth-order valence-corrected chi connectivity index (χ4v) is 5.18. The van der Waals surface area contributed by atoms with E-state index in [1.54, 1.807) is 11.3 Å². The van der Waals surface area contributed by atoms with E-state index in [0.717, 1.165) is 30.4 Å². The van der Waals surface area contributed by atoms with Crippen LogP contribution in [0.25, 0.3) is 21.5 Å². The van der Waals surface area contributed by atoms with Crippen molar-refractivity contribution in [1.82, 2.24) is 10.4 Å². The van der Waals surface area contributed by atoms with Crippen LogP contribution in [0.1, 0.15) is 11.3 Å². The molecule has 0 atom stereocenters. The lowest BCUT2D eigenvalue weighted by Crippen LogP contribution is -2.19. The van der Waals surface area contributed by atoms with Crippen LogP contribution in [0.5, 0.6) is 0 Å². The van der Waals surface area contributed by atoms with Gasteiger partial charge in [-0.1, -0.05) is 45.9 Å². The van der Waals surface area contributed by atoms with E-state index >= 15 is 0 Å². The Kier molecular flexibility index (Phi) is 6.13. The first-order valence-corrected chi connectivity index (χ1v) is 11.3. The van der Waals surface area contributed by atoms with Crippen molar-refractivity contribution < 1.29 is 9.21 Å². The number of rotatable bonds is 6. The van der Waals surface area contributed by atoms with Gasteiger partial charge in [-0.25, -0.2) is 10.4 Å². The number of halogens is 1. The maximum atomic E-state index is 12.0. The van der Waals surface area contributed by atoms with Crippen LogP contribution < -0.4 is 5.43 Å². The molecule has 0 aliphatic carbocycles. The van der Waals surface area contributed by atoms with Crippen molar-refractivity contribution in [1.29, 1.82) is 0 Å². The second-order valence-corrected chi connectivity index (χ2v) is 9.32. The van der Waals surface area contributed by atoms with Crippen LogP contribution in [0.3, 0.4) is 0 Å². The number of furan rings is 1. The average molecular weight is 486 g/mol. The molecule has 0 saturated carbocycles. The Morgan fingerprint density at radius 3 is 2.97 bits per heavy atom. The molecule has 0 saturated heterocycles. The van der Waals surface area contributed by atoms with E-state index in [4.69, 9.17) is 4.42 Å². The molecule has 0 radical (unpaired) electrons. The Bertz CT molecular complexity index is 1170. The molecule has 4 rings (SSSR count). The minimum Gasteiger partial charge on any atom is -0.455 e. The van der Waals surface area contributed by atoms with Crippen LogP contribution in [0.15, 0.2) is 72.9 Å². The Labute approximate surface area is 184 Å². The molecule has 2 heterocycles. The fourth-order valence-electron chi connectivity index (χ4n) is 2.63. The number of fused-ring (bicyclic) bond motifs is 1. The van der Waals surface area contributed by atoms with Crippen LogP contribution in [0.2, 0.25) is 0 Å². The first-order valence-electron chi connectivity index (χ1n) is 8.75. The van der Waals surface area contributed by atoms with Crippen LogP contribution >= 0.6 is 39.0 Å². The molecule has 0 fully saturated rings. The van der Waals surface area contributed by atoms with E-state index < -0.39 is 0 Å². The minimum atomic E-state index is -0.196. The zero-order valence-corrected chi connectivity index (χ0v) is 18.6. The maximum Gasteiger partial charge on any atom is 0.250 e. The predicted molar refractivity (Wildman–Crippen MR) is 123 cm³/mol. The van der Waals surface area contributed by atoms with Crippen LogP contribution in [0.4, 0.5) is 0 Å². The van der Waals surface area contributed by atoms with Gasteiger partial charge in [0.1, 0.15) is 11.5 Å². The SMILES string of the molecule is Cc1ccc(-c2ccc(/C=N/NC(=O)CSc3nc4ccccc4s3)o2)c(Br)c1. The van der Waals surface area contributed by atoms with Crippen LogP contribution in [-0.2, 0) is 4.79 Å². The summed E-state index contributed by atoms with van der Waals surface area (Å²) in [5.41, 5.74) is 5.60. The molecule has 4 aromatic rings. The van der Waals surface area contributed by atoms with E-state index in [-0.39, 0.29) is 11.7 Å². The van der Waals surface area contributed by atoms with Crippen molar-refractivity contribution in [3.05, 3.63) is 70.4 Å². The lowest BCUT2D eigenvalue weighted by atomic mass is 10.1. The second kappa shape index (κ2) is 8.94. The summed E-state index contributed by atoms with van der Waals surface area (Å²) in [5.74, 6) is 1.35. The molecule has 2 aromatic heterocycles. The van der Waals surface area contributed by atoms with E-state index in [1.165, 1.54) is 23.5 Å². The molecule has 0 spiro atoms. The Balaban J connectivity index is 1.31. The standard InChI is InChI=1S/C21H16BrN3O2S2/c1-13-6-8-15(16(22)10-13)18-9-7-14(27-18)11-23-25-20(26)12-28-21-24-17-4-2-3-5-19(17)29-21/h2-11H,12H2,1H3,(H,25,26)/b23-11+. The van der Waals surface area contributed by atoms with Gasteiger partial charge in [-0.3, -0.25) is 4.79 Å². The topological polar surface area (TPSA) is 67.5 Å². The summed E-state index contributed by atoms with van der Waals surface area (Å²) < 4.78 is 8.74. The van der Waals surface area contributed by atoms with Gasteiger partial charge in [-0.15, -0.1) is 11.3 Å². The molecule has 29 heavy (non-hydrogen) atoms. The number of carbonyl (C=O) groups is 1. The summed E-state index contributed by atoms with van der Waals surface area (Å²) in [6.07, 6.45) is 1.49. The zero-order chi connectivity index (χ0) is 20.2. The third-order valence-corrected chi connectivity index (χ3v) is 6.83. The lowest BCUT2D eigenvalue weighted by molar-refractivity contribution is -0.118. The van der Waals surface area contributed by atoms with Crippen molar-refractivity contribution in [2.24, 2.45) is 5.10 Å². The Morgan fingerprint density at radius 1 is 1.28 bits per heavy atom. The highest BCUT2D eigenvalue weighted by Gasteiger charge is 2.09. The number of hydrogen-bond donors (Lipinski definition) is 1. The number of aryl methyl sites for hydroxylation is 1. The number of hydrogen-bond acceptors (Lipinski definition) is 6. The molecular weight excluding hydrogens is 470 g/mol. The van der Waals surface area contributed by atoms with Crippen LogP contribution in [-0.4, -0.2) is 22.9 Å². The van der Waals surface area contributed by atoms with Gasteiger partial charge in [-0.05, 0) is 48.9 Å². The first-order chi connectivity index (χ1) is 14.1. The molecule has 0 bridgehead atoms. The summed E-state index contributed by atoms with van der Waals surface area (Å²) in [6.45, 7) is 2.03. The molecule has 0 aliphatic rings. The Morgan fingerprint density at radius 2 is 2.14 bits per heavy atom. The maximum absolute atomic E-state index is 12.0. The summed E-state index contributed by atoms with van der Waals surface area (Å²) in [7, 11) is 0. The molecule has 5 nitrogen and oxygen atoms in total. The molecule has 146 valence electrons. The highest BCUT2D eigenvalue weighted by molar-refractivity contribution is 9.10. The van der Waals surface area contributed by atoms with E-state index in [2.05, 4.69) is 31.4 Å². The van der Waals surface area contributed by atoms with Gasteiger partial charge in [-0.2, -0.15) is 5.10 Å². The third-order valence-electron chi connectivity index (χ3n) is 4.00. The Hall–Kier alpha value is -2.42. The molecule has 0 aliphatic heterocycles. The number of nitrogens with zero attached hydrogens (tertiary/aromatic N) is 2. The number of hydrazone groups is 1. The number of benzene rings is 2. The molecule has 1 amide bonds. The third kappa shape index (κ3) is 4.95. The molecular formula is C21H16BrN3O2S2. The van der Waals surface area contributed by atoms with Crippen molar-refractivity contribution in [2.75, 3.05) is 5.75 Å². The van der Waals surface area contributed by atoms with Gasteiger partial charge < -0.3 is 4.42 Å². The number of para-hydroxylation sites is 1. The van der Waals surface area contributed by atoms with Crippen molar-refractivity contribution in [2.45, 2.75) is 11.3 Å². The number of amides is 1. The van der Waals surface area contributed by atoms with E-state index in [9.17, 15) is 4.79 Å². The summed E-state index contributed by atoms with van der Waals surface area (Å²) in [6, 6.07) is 17.7. The summed E-state index contributed by atoms with van der Waals surface area (Å²) in [4.78, 5) is 16.5. The highest BCUT2D eigenvalue weighted by Crippen LogP contribution is 2.30. The molecule has 0 unspecified atom stereocenters. The van der Waals surface area contributed by atoms with E-state index in [1.807, 2.05) is 61.5 Å². The smallest absolute Gasteiger partial charge is 0.250 e. The number of carbonyl (C=O) groups excluding carboxylic acids is 1. The largest absolute Gasteiger partial charge is 0.455 e. The number of thiazole rings is 1. The van der Waals surface area contributed by atoms with Gasteiger partial charge in [0.15, 0.2) is 4.34 Å².